The molecule has 1 aromatic carbocycles. The second-order valence-electron chi connectivity index (χ2n) is 2.51. The fourth-order valence-electron chi connectivity index (χ4n) is 0.949. The van der Waals surface area contributed by atoms with Crippen LogP contribution in [0.15, 0.2) is 34.2 Å². The summed E-state index contributed by atoms with van der Waals surface area (Å²) >= 11 is 4.54. The van der Waals surface area contributed by atoms with Crippen LogP contribution in [-0.2, 0) is 0 Å². The maximum atomic E-state index is 12.9. The van der Waals surface area contributed by atoms with Crippen molar-refractivity contribution in [2.75, 3.05) is 0 Å². The molecule has 2 aromatic rings. The van der Waals surface area contributed by atoms with Crippen molar-refractivity contribution in [1.82, 2.24) is 4.98 Å². The van der Waals surface area contributed by atoms with E-state index in [0.717, 1.165) is 0 Å². The molecule has 2 rings (SSSR count). The van der Waals surface area contributed by atoms with Gasteiger partial charge >= 0.3 is 0 Å². The number of rotatable bonds is 2. The fourth-order valence-corrected chi connectivity index (χ4v) is 1.90. The molecule has 0 aliphatic carbocycles. The first kappa shape index (κ1) is 9.61. The predicted molar refractivity (Wildman–Crippen MR) is 56.3 cm³/mol. The van der Waals surface area contributed by atoms with Gasteiger partial charge in [-0.05, 0) is 12.1 Å². The molecule has 0 amide bonds. The van der Waals surface area contributed by atoms with Crippen LogP contribution in [0.4, 0.5) is 4.39 Å². The van der Waals surface area contributed by atoms with Crippen LogP contribution in [0.2, 0.25) is 0 Å². The minimum absolute atomic E-state index is 0.342. The summed E-state index contributed by atoms with van der Waals surface area (Å²) in [5.74, 6) is 0.0951. The normalized spacial score (nSPS) is 10.1. The van der Waals surface area contributed by atoms with Gasteiger partial charge in [-0.1, -0.05) is 27.3 Å². The summed E-state index contributed by atoms with van der Waals surface area (Å²) in [6, 6.07) is 4.37. The van der Waals surface area contributed by atoms with Crippen molar-refractivity contribution in [3.8, 4) is 10.9 Å². The highest BCUT2D eigenvalue weighted by Gasteiger charge is 2.02. The molecule has 72 valence electrons. The van der Waals surface area contributed by atoms with Gasteiger partial charge in [0.2, 0.25) is 0 Å². The summed E-state index contributed by atoms with van der Waals surface area (Å²) in [6.45, 7) is 0. The first-order valence-electron chi connectivity index (χ1n) is 3.77. The number of benzene rings is 1. The SMILES string of the molecule is Fc1cc(Br)cc(Oc2nccs2)c1. The number of halogens is 2. The van der Waals surface area contributed by atoms with Crippen LogP contribution >= 0.6 is 27.3 Å². The fraction of sp³-hybridized carbons (Fsp3) is 0. The highest BCUT2D eigenvalue weighted by atomic mass is 79.9. The van der Waals surface area contributed by atoms with Gasteiger partial charge in [0.05, 0.1) is 0 Å². The zero-order chi connectivity index (χ0) is 9.97. The van der Waals surface area contributed by atoms with Crippen molar-refractivity contribution in [1.29, 1.82) is 0 Å². The van der Waals surface area contributed by atoms with E-state index in [1.54, 1.807) is 17.6 Å². The summed E-state index contributed by atoms with van der Waals surface area (Å²) < 4.78 is 18.9. The molecular weight excluding hydrogens is 269 g/mol. The summed E-state index contributed by atoms with van der Waals surface area (Å²) in [5.41, 5.74) is 0. The van der Waals surface area contributed by atoms with Crippen LogP contribution < -0.4 is 4.74 Å². The number of ether oxygens (including phenoxy) is 1. The number of thiazole rings is 1. The Kier molecular flexibility index (Phi) is 2.79. The van der Waals surface area contributed by atoms with Gasteiger partial charge in [-0.15, -0.1) is 0 Å². The van der Waals surface area contributed by atoms with Gasteiger partial charge in [0.15, 0.2) is 0 Å². The predicted octanol–water partition coefficient (Wildman–Crippen LogP) is 3.84. The van der Waals surface area contributed by atoms with Gasteiger partial charge in [-0.3, -0.25) is 0 Å². The van der Waals surface area contributed by atoms with Crippen molar-refractivity contribution < 1.29 is 9.13 Å². The Hall–Kier alpha value is -0.940. The summed E-state index contributed by atoms with van der Waals surface area (Å²) in [7, 11) is 0. The molecule has 1 aromatic heterocycles. The molecule has 1 heterocycles. The van der Waals surface area contributed by atoms with Gasteiger partial charge in [0.25, 0.3) is 5.19 Å². The lowest BCUT2D eigenvalue weighted by Gasteiger charge is -2.01. The second kappa shape index (κ2) is 4.06. The Labute approximate surface area is 92.5 Å². The van der Waals surface area contributed by atoms with Crippen molar-refractivity contribution in [3.63, 3.8) is 0 Å². The summed E-state index contributed by atoms with van der Waals surface area (Å²) in [4.78, 5) is 3.93. The molecule has 0 atom stereocenters. The summed E-state index contributed by atoms with van der Waals surface area (Å²) in [6.07, 6.45) is 1.63. The molecule has 0 aliphatic rings. The lowest BCUT2D eigenvalue weighted by Crippen LogP contribution is -1.84. The van der Waals surface area contributed by atoms with Crippen molar-refractivity contribution in [2.45, 2.75) is 0 Å². The van der Waals surface area contributed by atoms with Crippen molar-refractivity contribution >= 4 is 27.3 Å². The highest BCUT2D eigenvalue weighted by molar-refractivity contribution is 9.10. The van der Waals surface area contributed by atoms with E-state index in [2.05, 4.69) is 20.9 Å². The van der Waals surface area contributed by atoms with Crippen LogP contribution in [0, 0.1) is 5.82 Å². The van der Waals surface area contributed by atoms with Gasteiger partial charge in [-0.25, -0.2) is 9.37 Å². The van der Waals surface area contributed by atoms with E-state index >= 15 is 0 Å². The molecule has 14 heavy (non-hydrogen) atoms. The van der Waals surface area contributed by atoms with Crippen LogP contribution in [0.3, 0.4) is 0 Å². The van der Waals surface area contributed by atoms with Gasteiger partial charge in [0.1, 0.15) is 11.6 Å². The molecular formula is C9H5BrFNOS. The average Bonchev–Trinajstić information content (AvgIpc) is 2.54. The average molecular weight is 274 g/mol. The Morgan fingerprint density at radius 3 is 2.86 bits per heavy atom. The number of hydrogen-bond acceptors (Lipinski definition) is 3. The first-order chi connectivity index (χ1) is 6.74. The third kappa shape index (κ3) is 2.30. The molecule has 0 aliphatic heterocycles. The third-order valence-electron chi connectivity index (χ3n) is 1.45. The molecule has 0 spiro atoms. The molecule has 0 fully saturated rings. The zero-order valence-electron chi connectivity index (χ0n) is 6.91. The Bertz CT molecular complexity index is 412. The maximum absolute atomic E-state index is 12.9. The van der Waals surface area contributed by atoms with E-state index in [0.29, 0.717) is 15.4 Å². The molecule has 5 heteroatoms. The smallest absolute Gasteiger partial charge is 0.278 e. The van der Waals surface area contributed by atoms with Crippen LogP contribution in [0.25, 0.3) is 0 Å². The molecule has 0 saturated heterocycles. The topological polar surface area (TPSA) is 22.1 Å². The Balaban J connectivity index is 2.25. The number of aromatic nitrogens is 1. The van der Waals surface area contributed by atoms with Crippen LogP contribution in [0.1, 0.15) is 0 Å². The van der Waals surface area contributed by atoms with E-state index in [9.17, 15) is 4.39 Å². The van der Waals surface area contributed by atoms with E-state index in [1.807, 2.05) is 0 Å². The molecule has 2 nitrogen and oxygen atoms in total. The van der Waals surface area contributed by atoms with Gasteiger partial charge in [-0.2, -0.15) is 0 Å². The number of nitrogens with zero attached hydrogens (tertiary/aromatic N) is 1. The van der Waals surface area contributed by atoms with E-state index in [4.69, 9.17) is 4.74 Å². The summed E-state index contributed by atoms with van der Waals surface area (Å²) in [5, 5.41) is 2.30. The van der Waals surface area contributed by atoms with E-state index < -0.39 is 0 Å². The second-order valence-corrected chi connectivity index (χ2v) is 4.28. The van der Waals surface area contributed by atoms with Crippen molar-refractivity contribution in [3.05, 3.63) is 40.1 Å². The van der Waals surface area contributed by atoms with Crippen LogP contribution in [0.5, 0.6) is 10.9 Å². The van der Waals surface area contributed by atoms with E-state index in [1.165, 1.54) is 23.5 Å². The molecule has 0 unspecified atom stereocenters. The van der Waals surface area contributed by atoms with Gasteiger partial charge in [0, 0.05) is 22.1 Å². The third-order valence-corrected chi connectivity index (χ3v) is 2.56. The molecule has 0 saturated carbocycles. The standard InChI is InChI=1S/C9H5BrFNOS/c10-6-3-7(11)5-8(4-6)13-9-12-1-2-14-9/h1-5H. The largest absolute Gasteiger partial charge is 0.431 e. The molecule has 0 bridgehead atoms. The van der Waals surface area contributed by atoms with Gasteiger partial charge < -0.3 is 4.74 Å². The molecule has 0 radical (unpaired) electrons. The lowest BCUT2D eigenvalue weighted by atomic mass is 10.3. The number of hydrogen-bond donors (Lipinski definition) is 0. The molecule has 0 N–H and O–H groups in total. The minimum atomic E-state index is -0.342. The maximum Gasteiger partial charge on any atom is 0.278 e. The Morgan fingerprint density at radius 2 is 2.21 bits per heavy atom. The highest BCUT2D eigenvalue weighted by Crippen LogP contribution is 2.26. The first-order valence-corrected chi connectivity index (χ1v) is 5.45. The lowest BCUT2D eigenvalue weighted by molar-refractivity contribution is 0.472. The minimum Gasteiger partial charge on any atom is -0.431 e. The quantitative estimate of drug-likeness (QED) is 0.830. The zero-order valence-corrected chi connectivity index (χ0v) is 9.31. The van der Waals surface area contributed by atoms with Crippen molar-refractivity contribution in [2.24, 2.45) is 0 Å². The van der Waals surface area contributed by atoms with E-state index in [-0.39, 0.29) is 5.82 Å². The Morgan fingerprint density at radius 1 is 1.36 bits per heavy atom. The van der Waals surface area contributed by atoms with Crippen LogP contribution in [-0.4, -0.2) is 4.98 Å². The monoisotopic (exact) mass is 273 g/mol.